The van der Waals surface area contributed by atoms with Crippen LogP contribution in [0.15, 0.2) is 35.1 Å². The zero-order valence-electron chi connectivity index (χ0n) is 12.0. The first-order valence-corrected chi connectivity index (χ1v) is 6.63. The van der Waals surface area contributed by atoms with Gasteiger partial charge in [-0.2, -0.15) is 5.10 Å². The maximum absolute atomic E-state index is 12.0. The lowest BCUT2D eigenvalue weighted by Crippen LogP contribution is -2.27. The fraction of sp³-hybridized carbons (Fsp3) is 0.375. The molecule has 3 nitrogen and oxygen atoms in total. The van der Waals surface area contributed by atoms with E-state index in [-0.39, 0.29) is 5.56 Å². The second-order valence-electron chi connectivity index (χ2n) is 5.46. The van der Waals surface area contributed by atoms with Gasteiger partial charge in [0.05, 0.1) is 5.69 Å². The Hall–Kier alpha value is -1.90. The van der Waals surface area contributed by atoms with Crippen LogP contribution in [0.3, 0.4) is 0 Å². The van der Waals surface area contributed by atoms with Crippen LogP contribution in [0.5, 0.6) is 0 Å². The largest absolute Gasteiger partial charge is 0.269 e. The van der Waals surface area contributed by atoms with Crippen LogP contribution < -0.4 is 5.56 Å². The van der Waals surface area contributed by atoms with Crippen molar-refractivity contribution in [3.63, 3.8) is 0 Å². The topological polar surface area (TPSA) is 34.9 Å². The molecule has 1 aromatic heterocycles. The standard InChI is InChI=1S/C16H20N2O/c1-11(2)10-18-16(19)13(4)9-15(17-18)14-7-5-12(3)6-8-14/h5-9,11H,10H2,1-4H3. The summed E-state index contributed by atoms with van der Waals surface area (Å²) < 4.78 is 1.58. The molecule has 2 aromatic rings. The Morgan fingerprint density at radius 1 is 1.16 bits per heavy atom. The molecule has 0 bridgehead atoms. The number of hydrogen-bond acceptors (Lipinski definition) is 2. The highest BCUT2D eigenvalue weighted by atomic mass is 16.1. The zero-order chi connectivity index (χ0) is 14.0. The summed E-state index contributed by atoms with van der Waals surface area (Å²) in [4.78, 5) is 12.0. The summed E-state index contributed by atoms with van der Waals surface area (Å²) in [6, 6.07) is 10.1. The van der Waals surface area contributed by atoms with Gasteiger partial charge in [0.1, 0.15) is 0 Å². The van der Waals surface area contributed by atoms with E-state index >= 15 is 0 Å². The minimum atomic E-state index is 0.00422. The van der Waals surface area contributed by atoms with Gasteiger partial charge in [-0.3, -0.25) is 4.79 Å². The van der Waals surface area contributed by atoms with Gasteiger partial charge in [-0.15, -0.1) is 0 Å². The molecule has 1 aromatic carbocycles. The molecule has 1 heterocycles. The molecule has 3 heteroatoms. The van der Waals surface area contributed by atoms with Crippen LogP contribution >= 0.6 is 0 Å². The van der Waals surface area contributed by atoms with Crippen molar-refractivity contribution >= 4 is 0 Å². The fourth-order valence-electron chi connectivity index (χ4n) is 2.01. The van der Waals surface area contributed by atoms with Gasteiger partial charge in [0, 0.05) is 17.7 Å². The molecule has 0 spiro atoms. The molecule has 0 saturated carbocycles. The van der Waals surface area contributed by atoms with Crippen LogP contribution in [0.25, 0.3) is 11.3 Å². The van der Waals surface area contributed by atoms with Crippen LogP contribution in [0.1, 0.15) is 25.0 Å². The van der Waals surface area contributed by atoms with Gasteiger partial charge >= 0.3 is 0 Å². The van der Waals surface area contributed by atoms with Gasteiger partial charge < -0.3 is 0 Å². The Labute approximate surface area is 113 Å². The minimum Gasteiger partial charge on any atom is -0.268 e. The van der Waals surface area contributed by atoms with E-state index in [4.69, 9.17) is 0 Å². The highest BCUT2D eigenvalue weighted by Crippen LogP contribution is 2.17. The van der Waals surface area contributed by atoms with Crippen LogP contribution in [0.2, 0.25) is 0 Å². The maximum atomic E-state index is 12.0. The highest BCUT2D eigenvalue weighted by molar-refractivity contribution is 5.59. The molecule has 100 valence electrons. The average Bonchev–Trinajstić information content (AvgIpc) is 2.35. The molecule has 0 unspecified atom stereocenters. The summed E-state index contributed by atoms with van der Waals surface area (Å²) in [6.07, 6.45) is 0. The monoisotopic (exact) mass is 256 g/mol. The Morgan fingerprint density at radius 2 is 1.79 bits per heavy atom. The number of benzene rings is 1. The third-order valence-corrected chi connectivity index (χ3v) is 3.04. The number of hydrogen-bond donors (Lipinski definition) is 0. The molecule has 0 fully saturated rings. The van der Waals surface area contributed by atoms with E-state index in [1.54, 1.807) is 4.68 Å². The van der Waals surface area contributed by atoms with Crippen molar-refractivity contribution in [2.24, 2.45) is 5.92 Å². The first kappa shape index (κ1) is 13.5. The number of rotatable bonds is 3. The molecule has 0 aliphatic heterocycles. The third-order valence-electron chi connectivity index (χ3n) is 3.04. The minimum absolute atomic E-state index is 0.00422. The molecule has 0 aliphatic rings. The van der Waals surface area contributed by atoms with E-state index in [0.29, 0.717) is 12.5 Å². The van der Waals surface area contributed by atoms with E-state index in [9.17, 15) is 4.79 Å². The lowest BCUT2D eigenvalue weighted by molar-refractivity contribution is 0.463. The van der Waals surface area contributed by atoms with Gasteiger partial charge in [-0.1, -0.05) is 43.7 Å². The van der Waals surface area contributed by atoms with Crippen molar-refractivity contribution in [2.45, 2.75) is 34.2 Å². The summed E-state index contributed by atoms with van der Waals surface area (Å²) in [7, 11) is 0. The van der Waals surface area contributed by atoms with Gasteiger partial charge in [-0.25, -0.2) is 4.68 Å². The van der Waals surface area contributed by atoms with Gasteiger partial charge in [0.2, 0.25) is 0 Å². The van der Waals surface area contributed by atoms with Crippen molar-refractivity contribution in [1.82, 2.24) is 9.78 Å². The van der Waals surface area contributed by atoms with Crippen molar-refractivity contribution in [1.29, 1.82) is 0 Å². The number of aryl methyl sites for hydroxylation is 2. The maximum Gasteiger partial charge on any atom is 0.269 e. The zero-order valence-corrected chi connectivity index (χ0v) is 12.0. The molecule has 0 amide bonds. The average molecular weight is 256 g/mol. The van der Waals surface area contributed by atoms with Crippen molar-refractivity contribution in [3.05, 3.63) is 51.8 Å². The predicted molar refractivity (Wildman–Crippen MR) is 78.2 cm³/mol. The smallest absolute Gasteiger partial charge is 0.268 e. The molecule has 19 heavy (non-hydrogen) atoms. The van der Waals surface area contributed by atoms with Crippen LogP contribution in [0, 0.1) is 19.8 Å². The quantitative estimate of drug-likeness (QED) is 0.845. The highest BCUT2D eigenvalue weighted by Gasteiger charge is 2.08. The SMILES string of the molecule is Cc1ccc(-c2cc(C)c(=O)n(CC(C)C)n2)cc1. The molecular weight excluding hydrogens is 236 g/mol. The van der Waals surface area contributed by atoms with Crippen molar-refractivity contribution in [3.8, 4) is 11.3 Å². The van der Waals surface area contributed by atoms with E-state index in [0.717, 1.165) is 16.8 Å². The van der Waals surface area contributed by atoms with Gasteiger partial charge in [-0.05, 0) is 25.8 Å². The molecule has 0 aliphatic carbocycles. The van der Waals surface area contributed by atoms with E-state index < -0.39 is 0 Å². The lowest BCUT2D eigenvalue weighted by atomic mass is 10.1. The van der Waals surface area contributed by atoms with E-state index in [1.165, 1.54) is 5.56 Å². The van der Waals surface area contributed by atoms with Crippen LogP contribution in [-0.2, 0) is 6.54 Å². The summed E-state index contributed by atoms with van der Waals surface area (Å²) in [6.45, 7) is 8.73. The van der Waals surface area contributed by atoms with Gasteiger partial charge in [0.15, 0.2) is 0 Å². The molecular formula is C16H20N2O. The molecule has 0 saturated heterocycles. The summed E-state index contributed by atoms with van der Waals surface area (Å²) in [5.74, 6) is 0.401. The predicted octanol–water partition coefficient (Wildman–Crippen LogP) is 3.18. The lowest BCUT2D eigenvalue weighted by Gasteiger charge is -2.11. The summed E-state index contributed by atoms with van der Waals surface area (Å²) >= 11 is 0. The third kappa shape index (κ3) is 3.11. The Morgan fingerprint density at radius 3 is 2.37 bits per heavy atom. The van der Waals surface area contributed by atoms with Crippen LogP contribution in [-0.4, -0.2) is 9.78 Å². The van der Waals surface area contributed by atoms with Crippen molar-refractivity contribution in [2.75, 3.05) is 0 Å². The second-order valence-corrected chi connectivity index (χ2v) is 5.46. The summed E-state index contributed by atoms with van der Waals surface area (Å²) in [5, 5.41) is 4.48. The Kier molecular flexibility index (Phi) is 3.84. The first-order chi connectivity index (χ1) is 8.97. The van der Waals surface area contributed by atoms with Crippen molar-refractivity contribution < 1.29 is 0 Å². The van der Waals surface area contributed by atoms with E-state index in [2.05, 4.69) is 38.0 Å². The molecule has 0 radical (unpaired) electrons. The first-order valence-electron chi connectivity index (χ1n) is 6.63. The molecule has 0 N–H and O–H groups in total. The van der Waals surface area contributed by atoms with E-state index in [1.807, 2.05) is 25.1 Å². The number of aromatic nitrogens is 2. The Bertz CT molecular complexity index is 624. The second kappa shape index (κ2) is 5.39. The van der Waals surface area contributed by atoms with Gasteiger partial charge in [0.25, 0.3) is 5.56 Å². The fourth-order valence-corrected chi connectivity index (χ4v) is 2.01. The van der Waals surface area contributed by atoms with Crippen LogP contribution in [0.4, 0.5) is 0 Å². The molecule has 0 atom stereocenters. The number of nitrogens with zero attached hydrogens (tertiary/aromatic N) is 2. The normalized spacial score (nSPS) is 11.0. The summed E-state index contributed by atoms with van der Waals surface area (Å²) in [5.41, 5.74) is 3.87. The Balaban J connectivity index is 2.50. The molecule has 2 rings (SSSR count).